The van der Waals surface area contributed by atoms with Gasteiger partial charge in [0.1, 0.15) is 5.82 Å². The number of para-hydroxylation sites is 4. The van der Waals surface area contributed by atoms with Gasteiger partial charge in [-0.3, -0.25) is 0 Å². The molecule has 426 valence electrons. The monoisotopic (exact) mass is 1300 g/mol. The number of pyridine rings is 1. The molecule has 3 aliphatic rings. The van der Waals surface area contributed by atoms with Gasteiger partial charge in [0.2, 0.25) is 0 Å². The minimum atomic E-state index is -1.73. The van der Waals surface area contributed by atoms with E-state index in [0.29, 0.717) is 50.2 Å². The van der Waals surface area contributed by atoms with Crippen molar-refractivity contribution >= 4 is 44.6 Å². The summed E-state index contributed by atoms with van der Waals surface area (Å²) in [6.07, 6.45) is 0.0921. The van der Waals surface area contributed by atoms with Crippen LogP contribution in [0.1, 0.15) is 121 Å². The summed E-state index contributed by atoms with van der Waals surface area (Å²) in [6.45, 7) is 22.2. The molecule has 15 rings (SSSR count). The molecule has 2 aromatic heterocycles. The fraction of sp³-hybridized carbons (Fsp3) is 0.175. The molecule has 0 radical (unpaired) electrons. The van der Waals surface area contributed by atoms with Crippen molar-refractivity contribution < 1.29 is 34.0 Å². The maximum absolute atomic E-state index is 9.76. The summed E-state index contributed by atoms with van der Waals surface area (Å²) in [7, 11) is 0. The summed E-state index contributed by atoms with van der Waals surface area (Å²) in [6, 6.07) is 73.6. The van der Waals surface area contributed by atoms with E-state index in [1.807, 2.05) is 66.9 Å². The third-order valence-corrected chi connectivity index (χ3v) is 17.5. The molecule has 6 heteroatoms. The molecule has 1 spiro atoms. The predicted octanol–water partition coefficient (Wildman–Crippen LogP) is 20.5. The van der Waals surface area contributed by atoms with Crippen LogP contribution in [-0.2, 0) is 49.1 Å². The molecule has 0 amide bonds. The van der Waals surface area contributed by atoms with Crippen LogP contribution in [0.2, 0.25) is 0 Å². The van der Waals surface area contributed by atoms with Crippen molar-refractivity contribution in [1.82, 2.24) is 9.55 Å². The van der Waals surface area contributed by atoms with Crippen LogP contribution >= 0.6 is 0 Å². The zero-order chi connectivity index (χ0) is 63.4. The maximum Gasteiger partial charge on any atom is 0.135 e. The maximum atomic E-state index is 9.76. The minimum Gasteiger partial charge on any atom is -0.509 e. The third-order valence-electron chi connectivity index (χ3n) is 17.5. The van der Waals surface area contributed by atoms with Crippen LogP contribution in [0.15, 0.2) is 224 Å². The van der Waals surface area contributed by atoms with Gasteiger partial charge in [0.15, 0.2) is 0 Å². The van der Waals surface area contributed by atoms with E-state index in [9.17, 15) is 2.74 Å². The van der Waals surface area contributed by atoms with Gasteiger partial charge in [-0.25, -0.2) is 4.98 Å². The van der Waals surface area contributed by atoms with E-state index in [0.717, 1.165) is 83.9 Å². The number of anilines is 4. The quantitative estimate of drug-likeness (QED) is 0.149. The Labute approximate surface area is 529 Å². The fourth-order valence-corrected chi connectivity index (χ4v) is 13.3. The average molecular weight is 1300 g/mol. The van der Waals surface area contributed by atoms with Crippen LogP contribution in [0.3, 0.4) is 0 Å². The van der Waals surface area contributed by atoms with Crippen LogP contribution < -0.4 is 14.5 Å². The van der Waals surface area contributed by atoms with Crippen molar-refractivity contribution in [2.75, 3.05) is 9.80 Å². The molecule has 86 heavy (non-hydrogen) atoms. The predicted molar refractivity (Wildman–Crippen MR) is 351 cm³/mol. The second kappa shape index (κ2) is 20.5. The number of ether oxygens (including phenoxy) is 1. The number of nitrogens with zero attached hydrogens (tertiary/aromatic N) is 4. The van der Waals surface area contributed by atoms with Gasteiger partial charge in [0, 0.05) is 75.2 Å². The van der Waals surface area contributed by atoms with E-state index in [2.05, 4.69) is 218 Å². The van der Waals surface area contributed by atoms with Gasteiger partial charge in [-0.2, -0.15) is 12.1 Å². The van der Waals surface area contributed by atoms with E-state index in [1.165, 1.54) is 11.1 Å². The summed E-state index contributed by atoms with van der Waals surface area (Å²) in [5.41, 5.74) is 18.6. The van der Waals surface area contributed by atoms with Gasteiger partial charge in [-0.05, 0) is 125 Å². The van der Waals surface area contributed by atoms with E-state index in [1.54, 1.807) is 10.6 Å². The third kappa shape index (κ3) is 8.79. The summed E-state index contributed by atoms with van der Waals surface area (Å²) in [4.78, 5) is 9.38. The SMILES string of the molecule is [2H]c1c([2H])c([2H])c2c(c1[2H])c1ccc(Oc3[c-]c(N4[CH-]N(c5c(-c6cc(C(C)(C)C)cc(C(C)(C)C)c6)cccc5-c5cccc6c5-c5ccccc5C65c6ccccc6C([2H])([2H])c6ccccc65)c5ccccc54)ccc3)[c-]c1n2-c1ccc(C(C)(C)C)cn1.[Pt]. The molecule has 0 saturated heterocycles. The van der Waals surface area contributed by atoms with Gasteiger partial charge in [0.05, 0.1) is 10.9 Å². The first-order valence-corrected chi connectivity index (χ1v) is 29.4. The first-order valence-electron chi connectivity index (χ1n) is 32.4. The van der Waals surface area contributed by atoms with Crippen LogP contribution in [-0.4, -0.2) is 9.55 Å². The Morgan fingerprint density at radius 2 is 1.10 bits per heavy atom. The summed E-state index contributed by atoms with van der Waals surface area (Å²) < 4.78 is 63.6. The molecule has 0 saturated carbocycles. The van der Waals surface area contributed by atoms with Gasteiger partial charge in [0.25, 0.3) is 0 Å². The molecular formula is C80H67N4OPt-3. The van der Waals surface area contributed by atoms with Gasteiger partial charge < -0.3 is 19.1 Å². The molecule has 0 atom stereocenters. The molecular weight excluding hydrogens is 1230 g/mol. The molecule has 1 aliphatic heterocycles. The second-order valence-electron chi connectivity index (χ2n) is 25.9. The van der Waals surface area contributed by atoms with Crippen molar-refractivity contribution in [2.45, 2.75) is 90.3 Å². The van der Waals surface area contributed by atoms with Crippen molar-refractivity contribution in [1.29, 1.82) is 0 Å². The minimum absolute atomic E-state index is 0. The first-order chi connectivity index (χ1) is 43.5. The van der Waals surface area contributed by atoms with Crippen LogP contribution in [0, 0.1) is 18.8 Å². The van der Waals surface area contributed by atoms with Gasteiger partial charge in [-0.15, -0.1) is 48.1 Å². The molecule has 12 aromatic rings. The van der Waals surface area contributed by atoms with Crippen molar-refractivity contribution in [3.8, 4) is 50.7 Å². The van der Waals surface area contributed by atoms with Crippen molar-refractivity contribution in [3.63, 3.8) is 0 Å². The molecule has 0 fully saturated rings. The Kier molecular flexibility index (Phi) is 11.5. The van der Waals surface area contributed by atoms with Gasteiger partial charge in [-0.1, -0.05) is 232 Å². The van der Waals surface area contributed by atoms with Gasteiger partial charge >= 0.3 is 0 Å². The Hall–Kier alpha value is -8.76. The summed E-state index contributed by atoms with van der Waals surface area (Å²) in [5.74, 6) is 1.28. The van der Waals surface area contributed by atoms with Crippen LogP contribution in [0.25, 0.3) is 61.0 Å². The zero-order valence-electron chi connectivity index (χ0n) is 55.6. The number of hydrogen-bond donors (Lipinski definition) is 0. The number of hydrogen-bond acceptors (Lipinski definition) is 4. The number of benzene rings is 10. The molecule has 0 N–H and O–H groups in total. The molecule has 5 nitrogen and oxygen atoms in total. The summed E-state index contributed by atoms with van der Waals surface area (Å²) in [5, 5.41) is 0.972. The molecule has 10 aromatic carbocycles. The molecule has 0 bridgehead atoms. The van der Waals surface area contributed by atoms with E-state index in [4.69, 9.17) is 15.2 Å². The number of fused-ring (bicyclic) bond motifs is 13. The Morgan fingerprint density at radius 1 is 0.523 bits per heavy atom. The van der Waals surface area contributed by atoms with Crippen LogP contribution in [0.4, 0.5) is 22.7 Å². The standard InChI is InChI=1S/C80H67N4O.Pt/c1-77(2,3)54-39-42-74(81-49-54)84-70-36-17-13-27-61(70)62-41-40-59(48-73(62)84)85-58-26-20-25-57(47-58)82-50-83(72-38-19-18-37-71(72)82)76-60(53-44-55(78(4,5)6)46-56(45-53)79(7,8)9)29-21-31-64(76)63-30-22-35-69-75(63)65-28-12-16-34-68(65)80(69)66-32-14-10-23-51(66)43-52-24-11-15-33-67(52)80;/h10-42,44-46,49-50H,43H2,1-9H3;/q-3;/i13D,17D,27D,36D,43D2;. The van der Waals surface area contributed by atoms with Crippen molar-refractivity contribution in [2.24, 2.45) is 0 Å². The average Bonchev–Trinajstić information content (AvgIpc) is 1.43. The number of rotatable bonds is 7. The van der Waals surface area contributed by atoms with E-state index < -0.39 is 11.8 Å². The van der Waals surface area contributed by atoms with Crippen molar-refractivity contribution in [3.05, 3.63) is 293 Å². The Morgan fingerprint density at radius 3 is 1.80 bits per heavy atom. The number of aromatic nitrogens is 2. The zero-order valence-corrected chi connectivity index (χ0v) is 51.9. The smallest absolute Gasteiger partial charge is 0.135 e. The van der Waals surface area contributed by atoms with E-state index >= 15 is 0 Å². The molecule has 3 heterocycles. The first kappa shape index (κ1) is 48.5. The topological polar surface area (TPSA) is 33.5 Å². The Balaban J connectivity index is 0.00000735. The normalized spacial score (nSPS) is 15.5. The second-order valence-corrected chi connectivity index (χ2v) is 25.9. The molecule has 0 unspecified atom stereocenters. The Bertz CT molecular complexity index is 4930. The summed E-state index contributed by atoms with van der Waals surface area (Å²) >= 11 is 0. The van der Waals surface area contributed by atoms with Crippen LogP contribution in [0.5, 0.6) is 11.5 Å². The largest absolute Gasteiger partial charge is 0.509 e. The molecule has 2 aliphatic carbocycles. The fourth-order valence-electron chi connectivity index (χ4n) is 13.3. The van der Waals surface area contributed by atoms with E-state index in [-0.39, 0.29) is 61.5 Å².